The molecule has 1 atom stereocenters. The molecule has 39 heavy (non-hydrogen) atoms. The number of nitrogens with zero attached hydrogens (tertiary/aromatic N) is 1. The third-order valence-electron chi connectivity index (χ3n) is 7.78. The molecule has 0 radical (unpaired) electrons. The van der Waals surface area contributed by atoms with Crippen LogP contribution in [0.1, 0.15) is 51.5 Å². The summed E-state index contributed by atoms with van der Waals surface area (Å²) < 4.78 is 19.2. The van der Waals surface area contributed by atoms with Crippen LogP contribution in [0, 0.1) is 0 Å². The first-order chi connectivity index (χ1) is 19.1. The first-order valence-electron chi connectivity index (χ1n) is 14.1. The maximum Gasteiger partial charge on any atom is 0.302 e. The first kappa shape index (κ1) is 27.1. The average molecular weight is 528 g/mol. The van der Waals surface area contributed by atoms with E-state index in [1.54, 1.807) is 0 Å². The summed E-state index contributed by atoms with van der Waals surface area (Å²) in [5, 5.41) is 6.02. The molecule has 0 aliphatic carbocycles. The van der Waals surface area contributed by atoms with Crippen molar-refractivity contribution in [2.45, 2.75) is 57.7 Å². The number of unbranched alkanes of at least 4 members (excludes halogenated alkanes) is 2. The van der Waals surface area contributed by atoms with Gasteiger partial charge in [0.1, 0.15) is 0 Å². The van der Waals surface area contributed by atoms with Gasteiger partial charge in [-0.15, -0.1) is 0 Å². The van der Waals surface area contributed by atoms with Crippen LogP contribution in [0.15, 0.2) is 79.0 Å². The van der Waals surface area contributed by atoms with Gasteiger partial charge in [0.05, 0.1) is 31.7 Å². The molecular weight excluding hydrogens is 488 g/mol. The minimum Gasteiger partial charge on any atom is -0.466 e. The topological polar surface area (TPSA) is 59.8 Å². The molecular formula is C33H39N2O4+. The maximum absolute atomic E-state index is 11.2. The SMILES string of the molecule is CC(=O)OCCCCCC1(C)C(/C=C/Nc2ccccc2)=[N+](CCC2OCCO2)c2ccc3ccccc3c21. The fourth-order valence-electron chi connectivity index (χ4n) is 5.92. The second-order valence-electron chi connectivity index (χ2n) is 10.5. The molecule has 0 bridgehead atoms. The summed E-state index contributed by atoms with van der Waals surface area (Å²) in [4.78, 5) is 11.2. The normalized spacial score (nSPS) is 19.2. The first-order valence-corrected chi connectivity index (χ1v) is 14.1. The number of para-hydroxylation sites is 1. The van der Waals surface area contributed by atoms with Crippen molar-refractivity contribution in [1.29, 1.82) is 0 Å². The van der Waals surface area contributed by atoms with Crippen molar-refractivity contribution in [3.63, 3.8) is 0 Å². The van der Waals surface area contributed by atoms with Crippen molar-refractivity contribution in [3.8, 4) is 0 Å². The van der Waals surface area contributed by atoms with Crippen LogP contribution in [0.4, 0.5) is 11.4 Å². The van der Waals surface area contributed by atoms with Crippen LogP contribution in [0.3, 0.4) is 0 Å². The second-order valence-corrected chi connectivity index (χ2v) is 10.5. The van der Waals surface area contributed by atoms with E-state index in [1.165, 1.54) is 34.7 Å². The molecule has 2 aliphatic rings. The molecule has 0 spiro atoms. The number of carbonyl (C=O) groups excluding carboxylic acids is 1. The number of hydrogen-bond acceptors (Lipinski definition) is 5. The van der Waals surface area contributed by atoms with Crippen LogP contribution in [-0.2, 0) is 24.4 Å². The molecule has 1 N–H and O–H groups in total. The van der Waals surface area contributed by atoms with E-state index < -0.39 is 0 Å². The highest BCUT2D eigenvalue weighted by molar-refractivity contribution is 6.08. The van der Waals surface area contributed by atoms with Gasteiger partial charge < -0.3 is 19.5 Å². The fourth-order valence-corrected chi connectivity index (χ4v) is 5.92. The van der Waals surface area contributed by atoms with Gasteiger partial charge in [-0.3, -0.25) is 4.79 Å². The molecule has 1 fully saturated rings. The zero-order valence-electron chi connectivity index (χ0n) is 23.0. The van der Waals surface area contributed by atoms with E-state index in [1.807, 2.05) is 18.2 Å². The molecule has 0 aromatic heterocycles. The molecule has 1 unspecified atom stereocenters. The molecule has 3 aromatic rings. The summed E-state index contributed by atoms with van der Waals surface area (Å²) in [6, 6.07) is 23.4. The van der Waals surface area contributed by atoms with E-state index in [2.05, 4.69) is 77.6 Å². The van der Waals surface area contributed by atoms with Gasteiger partial charge >= 0.3 is 5.97 Å². The molecule has 6 nitrogen and oxygen atoms in total. The van der Waals surface area contributed by atoms with Gasteiger partial charge in [0.2, 0.25) is 5.69 Å². The lowest BCUT2D eigenvalue weighted by Crippen LogP contribution is -2.32. The fraction of sp³-hybridized carbons (Fsp3) is 0.394. The molecule has 0 amide bonds. The van der Waals surface area contributed by atoms with Crippen LogP contribution in [0.25, 0.3) is 10.8 Å². The molecule has 6 heteroatoms. The Bertz CT molecular complexity index is 1340. The summed E-state index contributed by atoms with van der Waals surface area (Å²) in [5.74, 6) is -0.212. The van der Waals surface area contributed by atoms with Crippen LogP contribution in [0.5, 0.6) is 0 Å². The molecule has 3 aromatic carbocycles. The van der Waals surface area contributed by atoms with Gasteiger partial charge in [-0.05, 0) is 48.7 Å². The van der Waals surface area contributed by atoms with Crippen LogP contribution in [-0.4, -0.2) is 48.9 Å². The van der Waals surface area contributed by atoms with Gasteiger partial charge in [0, 0.05) is 36.5 Å². The Labute approximate surface area is 231 Å². The summed E-state index contributed by atoms with van der Waals surface area (Å²) in [6.07, 6.45) is 8.86. The Morgan fingerprint density at radius 2 is 1.79 bits per heavy atom. The predicted octanol–water partition coefficient (Wildman–Crippen LogP) is 6.71. The van der Waals surface area contributed by atoms with E-state index in [0.29, 0.717) is 19.8 Å². The van der Waals surface area contributed by atoms with Gasteiger partial charge in [-0.25, -0.2) is 0 Å². The van der Waals surface area contributed by atoms with E-state index in [0.717, 1.165) is 44.3 Å². The van der Waals surface area contributed by atoms with Crippen LogP contribution >= 0.6 is 0 Å². The second kappa shape index (κ2) is 12.6. The lowest BCUT2D eigenvalue weighted by Gasteiger charge is -2.24. The van der Waals surface area contributed by atoms with Gasteiger partial charge in [0.15, 0.2) is 18.5 Å². The Balaban J connectivity index is 1.49. The third-order valence-corrected chi connectivity index (χ3v) is 7.78. The number of ether oxygens (including phenoxy) is 3. The average Bonchev–Trinajstić information content (AvgIpc) is 3.55. The lowest BCUT2D eigenvalue weighted by atomic mass is 9.73. The van der Waals surface area contributed by atoms with Crippen molar-refractivity contribution >= 4 is 33.8 Å². The summed E-state index contributed by atoms with van der Waals surface area (Å²) >= 11 is 0. The quantitative estimate of drug-likeness (QED) is 0.161. The highest BCUT2D eigenvalue weighted by atomic mass is 16.7. The molecule has 204 valence electrons. The van der Waals surface area contributed by atoms with Crippen molar-refractivity contribution in [2.75, 3.05) is 31.7 Å². The van der Waals surface area contributed by atoms with Crippen molar-refractivity contribution in [1.82, 2.24) is 0 Å². The standard InChI is InChI=1S/C33H38N2O4/c1-25(36)37-22-10-4-9-19-33(2)30(17-20-34-27-12-5-3-6-13-27)35(21-18-31-38-23-24-39-31)29-16-15-26-11-7-8-14-28(26)32(29)33/h3,5-8,11-17,20,31H,4,9-10,18-19,21-24H2,1-2H3/p+1. The number of nitrogens with one attached hydrogen (secondary N) is 1. The number of benzene rings is 3. The van der Waals surface area contributed by atoms with Crippen LogP contribution in [0.2, 0.25) is 0 Å². The Kier molecular flexibility index (Phi) is 8.74. The van der Waals surface area contributed by atoms with E-state index in [4.69, 9.17) is 14.2 Å². The molecule has 5 rings (SSSR count). The van der Waals surface area contributed by atoms with Gasteiger partial charge in [-0.1, -0.05) is 55.3 Å². The zero-order chi connectivity index (χ0) is 27.1. The highest BCUT2D eigenvalue weighted by Gasteiger charge is 2.48. The predicted molar refractivity (Wildman–Crippen MR) is 156 cm³/mol. The number of anilines is 1. The smallest absolute Gasteiger partial charge is 0.302 e. The number of esters is 1. The van der Waals surface area contributed by atoms with Gasteiger partial charge in [0.25, 0.3) is 0 Å². The minimum atomic E-state index is -0.212. The molecule has 2 heterocycles. The summed E-state index contributed by atoms with van der Waals surface area (Å²) in [7, 11) is 0. The Hall–Kier alpha value is -3.48. The monoisotopic (exact) mass is 527 g/mol. The number of fused-ring (bicyclic) bond motifs is 3. The van der Waals surface area contributed by atoms with Crippen LogP contribution < -0.4 is 5.32 Å². The molecule has 0 saturated carbocycles. The van der Waals surface area contributed by atoms with Gasteiger partial charge in [-0.2, -0.15) is 4.58 Å². The molecule has 1 saturated heterocycles. The molecule has 2 aliphatic heterocycles. The Morgan fingerprint density at radius 3 is 2.59 bits per heavy atom. The number of hydrogen-bond donors (Lipinski definition) is 1. The van der Waals surface area contributed by atoms with E-state index in [-0.39, 0.29) is 17.7 Å². The van der Waals surface area contributed by atoms with E-state index >= 15 is 0 Å². The van der Waals surface area contributed by atoms with Crippen molar-refractivity contribution in [2.24, 2.45) is 0 Å². The minimum absolute atomic E-state index is 0.158. The van der Waals surface area contributed by atoms with Crippen molar-refractivity contribution in [3.05, 3.63) is 84.6 Å². The van der Waals surface area contributed by atoms with Crippen molar-refractivity contribution < 1.29 is 23.6 Å². The number of rotatable bonds is 12. The summed E-state index contributed by atoms with van der Waals surface area (Å²) in [6.45, 7) is 6.46. The number of allylic oxidation sites excluding steroid dienone is 1. The maximum atomic E-state index is 11.2. The summed E-state index contributed by atoms with van der Waals surface area (Å²) in [5.41, 5.74) is 4.78. The van der Waals surface area contributed by atoms with E-state index in [9.17, 15) is 4.79 Å². The third kappa shape index (κ3) is 6.23. The lowest BCUT2D eigenvalue weighted by molar-refractivity contribution is -0.442. The largest absolute Gasteiger partial charge is 0.466 e. The zero-order valence-corrected chi connectivity index (χ0v) is 23.0. The number of carbonyl (C=O) groups is 1. The Morgan fingerprint density at radius 1 is 1.03 bits per heavy atom. The highest BCUT2D eigenvalue weighted by Crippen LogP contribution is 2.47.